The van der Waals surface area contributed by atoms with Crippen molar-refractivity contribution in [3.8, 4) is 0 Å². The van der Waals surface area contributed by atoms with Crippen molar-refractivity contribution in [3.05, 3.63) is 60.8 Å². The molecule has 0 aliphatic rings. The number of aliphatic carboxylic acids is 1. The van der Waals surface area contributed by atoms with E-state index in [1.165, 1.54) is 38.5 Å². The Bertz CT molecular complexity index is 1010. The van der Waals surface area contributed by atoms with Crippen LogP contribution in [0, 0.1) is 0 Å². The molecule has 0 rings (SSSR count). The van der Waals surface area contributed by atoms with Crippen molar-refractivity contribution in [1.29, 1.82) is 0 Å². The minimum atomic E-state index is -1.14. The Kier molecular flexibility index (Phi) is 31.2. The smallest absolute Gasteiger partial charge is 0.306 e. The zero-order chi connectivity index (χ0) is 37.1. The maximum absolute atomic E-state index is 12.5. The van der Waals surface area contributed by atoms with Crippen molar-refractivity contribution in [1.82, 2.24) is 0 Å². The number of carboxylic acids is 1. The molecule has 0 heterocycles. The van der Waals surface area contributed by atoms with E-state index in [9.17, 15) is 19.5 Å². The number of hydrogen-bond donors (Lipinski definition) is 0. The van der Waals surface area contributed by atoms with Gasteiger partial charge in [0.2, 0.25) is 0 Å². The zero-order valence-electron chi connectivity index (χ0n) is 32.3. The molecule has 0 spiro atoms. The van der Waals surface area contributed by atoms with Crippen LogP contribution in [0.25, 0.3) is 0 Å². The fourth-order valence-electron chi connectivity index (χ4n) is 5.20. The van der Waals surface area contributed by atoms with Gasteiger partial charge in [-0.05, 0) is 57.8 Å². The Morgan fingerprint density at radius 1 is 0.600 bits per heavy atom. The molecular weight excluding hydrogens is 630 g/mol. The molecule has 0 aromatic heterocycles. The van der Waals surface area contributed by atoms with Crippen molar-refractivity contribution in [2.45, 2.75) is 148 Å². The van der Waals surface area contributed by atoms with Gasteiger partial charge in [0.25, 0.3) is 0 Å². The summed E-state index contributed by atoms with van der Waals surface area (Å²) in [5.74, 6) is -1.85. The lowest BCUT2D eigenvalue weighted by Gasteiger charge is -2.34. The van der Waals surface area contributed by atoms with Gasteiger partial charge in [-0.2, -0.15) is 0 Å². The van der Waals surface area contributed by atoms with Gasteiger partial charge in [0.15, 0.2) is 6.10 Å². The average molecular weight is 702 g/mol. The number of rotatable bonds is 33. The number of ether oxygens (including phenoxy) is 3. The second-order valence-electron chi connectivity index (χ2n) is 13.7. The topological polar surface area (TPSA) is 102 Å². The van der Waals surface area contributed by atoms with Crippen molar-refractivity contribution >= 4 is 17.9 Å². The Labute approximate surface area is 305 Å². The largest absolute Gasteiger partial charge is 0.544 e. The highest BCUT2D eigenvalue weighted by atomic mass is 16.6. The maximum Gasteiger partial charge on any atom is 0.306 e. The Hall–Kier alpha value is -2.97. The molecule has 0 radical (unpaired) electrons. The average Bonchev–Trinajstić information content (AvgIpc) is 3.06. The fourth-order valence-corrected chi connectivity index (χ4v) is 5.20. The summed E-state index contributed by atoms with van der Waals surface area (Å²) in [4.78, 5) is 36.5. The summed E-state index contributed by atoms with van der Waals surface area (Å²) in [6.45, 7) is 4.31. The minimum absolute atomic E-state index is 0.0132. The number of carbonyl (C=O) groups excluding carboxylic acids is 3. The van der Waals surface area contributed by atoms with Crippen molar-refractivity contribution in [2.24, 2.45) is 0 Å². The summed E-state index contributed by atoms with van der Waals surface area (Å²) in [6, 6.07) is -0.735. The van der Waals surface area contributed by atoms with Crippen LogP contribution in [0.5, 0.6) is 0 Å². The quantitative estimate of drug-likeness (QED) is 0.0293. The van der Waals surface area contributed by atoms with Crippen LogP contribution in [-0.4, -0.2) is 75.5 Å². The van der Waals surface area contributed by atoms with E-state index in [1.807, 2.05) is 12.2 Å². The van der Waals surface area contributed by atoms with Gasteiger partial charge in [-0.25, -0.2) is 0 Å². The zero-order valence-corrected chi connectivity index (χ0v) is 32.3. The Balaban J connectivity index is 4.28. The lowest BCUT2D eigenvalue weighted by atomic mass is 10.1. The molecule has 0 saturated heterocycles. The molecule has 2 atom stereocenters. The molecule has 2 unspecified atom stereocenters. The second-order valence-corrected chi connectivity index (χ2v) is 13.7. The van der Waals surface area contributed by atoms with Crippen LogP contribution in [-0.2, 0) is 28.6 Å². The molecule has 8 heteroatoms. The molecular formula is C42H71NO7. The van der Waals surface area contributed by atoms with Gasteiger partial charge in [0.1, 0.15) is 12.6 Å². The predicted molar refractivity (Wildman–Crippen MR) is 203 cm³/mol. The highest BCUT2D eigenvalue weighted by Crippen LogP contribution is 2.13. The lowest BCUT2D eigenvalue weighted by Crippen LogP contribution is -2.55. The predicted octanol–water partition coefficient (Wildman–Crippen LogP) is 8.52. The number of esters is 2. The van der Waals surface area contributed by atoms with Gasteiger partial charge in [0, 0.05) is 19.3 Å². The summed E-state index contributed by atoms with van der Waals surface area (Å²) in [6.07, 6.45) is 38.6. The van der Waals surface area contributed by atoms with Crippen LogP contribution in [0.1, 0.15) is 136 Å². The molecule has 286 valence electrons. The molecule has 0 aliphatic heterocycles. The first-order valence-corrected chi connectivity index (χ1v) is 19.3. The standard InChI is InChI=1S/C42H71NO7/c1-6-8-10-12-14-15-16-17-18-19-20-21-22-23-24-25-27-28-30-32-40(44)49-37-38(36-48-35-34-39(42(46)47)43(3,4)5)50-41(45)33-31-29-26-13-11-9-7-2/h8-11,14-15,17-18,26,29,38-39H,6-7,12-13,16,19-25,27-28,30-37H2,1-5H3/b10-8+,11-9+,15-14+,18-17+,29-26+. The molecule has 0 N–H and O–H groups in total. The SMILES string of the molecule is CC/C=C/C/C=C/C/C=C/CCCCCCCCCCCC(=O)OCC(COCCC(C(=O)[O-])[N+](C)(C)C)OC(=O)CC/C=C/C/C=C/CC. The number of unbranched alkanes of at least 4 members (excludes halogenated alkanes) is 9. The first-order chi connectivity index (χ1) is 24.1. The van der Waals surface area contributed by atoms with Gasteiger partial charge in [-0.15, -0.1) is 0 Å². The molecule has 0 aliphatic carbocycles. The molecule has 0 fully saturated rings. The van der Waals surface area contributed by atoms with Crippen LogP contribution in [0.2, 0.25) is 0 Å². The number of nitrogens with zero attached hydrogens (tertiary/aromatic N) is 1. The van der Waals surface area contributed by atoms with E-state index in [-0.39, 0.29) is 43.1 Å². The fraction of sp³-hybridized carbons (Fsp3) is 0.690. The molecule has 0 aromatic carbocycles. The molecule has 0 amide bonds. The molecule has 0 saturated carbocycles. The lowest BCUT2D eigenvalue weighted by molar-refractivity contribution is -0.889. The number of likely N-dealkylation sites (N-methyl/N-ethyl adjacent to an activating group) is 1. The van der Waals surface area contributed by atoms with E-state index in [4.69, 9.17) is 14.2 Å². The minimum Gasteiger partial charge on any atom is -0.544 e. The van der Waals surface area contributed by atoms with Crippen LogP contribution in [0.15, 0.2) is 60.8 Å². The van der Waals surface area contributed by atoms with Crippen LogP contribution in [0.3, 0.4) is 0 Å². The summed E-state index contributed by atoms with van der Waals surface area (Å²) in [5, 5.41) is 11.5. The summed E-state index contributed by atoms with van der Waals surface area (Å²) < 4.78 is 16.9. The normalized spacial score (nSPS) is 13.7. The number of hydrogen-bond acceptors (Lipinski definition) is 7. The molecule has 8 nitrogen and oxygen atoms in total. The van der Waals surface area contributed by atoms with E-state index < -0.39 is 24.1 Å². The monoisotopic (exact) mass is 702 g/mol. The Morgan fingerprint density at radius 2 is 1.10 bits per heavy atom. The third-order valence-electron chi connectivity index (χ3n) is 8.16. The maximum atomic E-state index is 12.5. The summed E-state index contributed by atoms with van der Waals surface area (Å²) in [5.41, 5.74) is 0. The van der Waals surface area contributed by atoms with E-state index >= 15 is 0 Å². The van der Waals surface area contributed by atoms with Gasteiger partial charge in [-0.3, -0.25) is 9.59 Å². The van der Waals surface area contributed by atoms with Crippen molar-refractivity contribution in [3.63, 3.8) is 0 Å². The number of carboxylic acid groups (broad SMARTS) is 1. The molecule has 50 heavy (non-hydrogen) atoms. The van der Waals surface area contributed by atoms with Gasteiger partial charge >= 0.3 is 11.9 Å². The van der Waals surface area contributed by atoms with E-state index in [2.05, 4.69) is 62.5 Å². The number of allylic oxidation sites excluding steroid dienone is 10. The van der Waals surface area contributed by atoms with E-state index in [0.717, 1.165) is 57.8 Å². The van der Waals surface area contributed by atoms with E-state index in [0.29, 0.717) is 12.8 Å². The Morgan fingerprint density at radius 3 is 1.64 bits per heavy atom. The van der Waals surface area contributed by atoms with Crippen molar-refractivity contribution < 1.29 is 38.2 Å². The first kappa shape index (κ1) is 47.0. The summed E-state index contributed by atoms with van der Waals surface area (Å²) in [7, 11) is 5.36. The van der Waals surface area contributed by atoms with Crippen LogP contribution >= 0.6 is 0 Å². The molecule has 0 bridgehead atoms. The summed E-state index contributed by atoms with van der Waals surface area (Å²) >= 11 is 0. The highest BCUT2D eigenvalue weighted by Gasteiger charge is 2.25. The van der Waals surface area contributed by atoms with Crippen LogP contribution < -0.4 is 5.11 Å². The highest BCUT2D eigenvalue weighted by molar-refractivity contribution is 5.70. The van der Waals surface area contributed by atoms with Crippen LogP contribution in [0.4, 0.5) is 0 Å². The van der Waals surface area contributed by atoms with Gasteiger partial charge in [-0.1, -0.05) is 120 Å². The molecule has 0 aromatic rings. The van der Waals surface area contributed by atoms with Gasteiger partial charge < -0.3 is 28.6 Å². The van der Waals surface area contributed by atoms with Crippen molar-refractivity contribution in [2.75, 3.05) is 41.0 Å². The number of carbonyl (C=O) groups is 3. The van der Waals surface area contributed by atoms with E-state index in [1.54, 1.807) is 21.1 Å². The van der Waals surface area contributed by atoms with Gasteiger partial charge in [0.05, 0.1) is 40.3 Å². The second kappa shape index (κ2) is 33.2. The third kappa shape index (κ3) is 31.0. The first-order valence-electron chi connectivity index (χ1n) is 19.3. The number of quaternary nitrogens is 1. The third-order valence-corrected chi connectivity index (χ3v) is 8.16.